The number of rotatable bonds is 7. The van der Waals surface area contributed by atoms with E-state index in [0.29, 0.717) is 18.7 Å². The van der Waals surface area contributed by atoms with Gasteiger partial charge in [-0.1, -0.05) is 0 Å². The number of carboxylic acids is 1. The summed E-state index contributed by atoms with van der Waals surface area (Å²) in [6.07, 6.45) is 0.728. The Labute approximate surface area is 146 Å². The molecule has 0 aliphatic carbocycles. The van der Waals surface area contributed by atoms with Gasteiger partial charge < -0.3 is 19.1 Å². The first-order chi connectivity index (χ1) is 11.7. The number of esters is 1. The van der Waals surface area contributed by atoms with Gasteiger partial charge in [0, 0.05) is 19.0 Å². The van der Waals surface area contributed by atoms with E-state index in [1.54, 1.807) is 18.2 Å². The fourth-order valence-corrected chi connectivity index (χ4v) is 2.54. The lowest BCUT2D eigenvalue weighted by Crippen LogP contribution is -2.24. The first-order valence-electron chi connectivity index (χ1n) is 8.25. The Kier molecular flexibility index (Phi) is 5.66. The maximum absolute atomic E-state index is 11.9. The van der Waals surface area contributed by atoms with E-state index in [1.807, 2.05) is 32.3 Å². The lowest BCUT2D eigenvalue weighted by Gasteiger charge is -2.19. The summed E-state index contributed by atoms with van der Waals surface area (Å²) in [7, 11) is 0. The van der Waals surface area contributed by atoms with Crippen molar-refractivity contribution in [3.05, 3.63) is 24.0 Å². The second kappa shape index (κ2) is 7.55. The van der Waals surface area contributed by atoms with E-state index in [9.17, 15) is 9.59 Å². The summed E-state index contributed by atoms with van der Waals surface area (Å²) in [4.78, 5) is 27.1. The zero-order valence-electron chi connectivity index (χ0n) is 15.0. The van der Waals surface area contributed by atoms with Crippen LogP contribution >= 0.6 is 0 Å². The van der Waals surface area contributed by atoms with Crippen LogP contribution in [-0.2, 0) is 27.3 Å². The van der Waals surface area contributed by atoms with Crippen molar-refractivity contribution in [1.29, 1.82) is 0 Å². The quantitative estimate of drug-likeness (QED) is 0.774. The number of ether oxygens (including phenoxy) is 2. The van der Waals surface area contributed by atoms with Gasteiger partial charge in [0.15, 0.2) is 6.61 Å². The first-order valence-corrected chi connectivity index (χ1v) is 8.25. The minimum absolute atomic E-state index is 0.253. The molecular weight excluding hydrogens is 324 g/mol. The van der Waals surface area contributed by atoms with E-state index in [-0.39, 0.29) is 12.4 Å². The summed E-state index contributed by atoms with van der Waals surface area (Å²) in [5.74, 6) is -0.0169. The highest BCUT2D eigenvalue weighted by atomic mass is 16.6. The molecule has 1 N–H and O–H groups in total. The van der Waals surface area contributed by atoms with Crippen LogP contribution in [0.25, 0.3) is 11.0 Å². The van der Waals surface area contributed by atoms with Gasteiger partial charge in [-0.15, -0.1) is 0 Å². The minimum Gasteiger partial charge on any atom is -0.482 e. The van der Waals surface area contributed by atoms with Crippen molar-refractivity contribution in [1.82, 2.24) is 9.55 Å². The Morgan fingerprint density at radius 2 is 2.00 bits per heavy atom. The van der Waals surface area contributed by atoms with E-state index in [0.717, 1.165) is 16.9 Å². The molecule has 1 heterocycles. The lowest BCUT2D eigenvalue weighted by molar-refractivity contribution is -0.154. The van der Waals surface area contributed by atoms with E-state index >= 15 is 0 Å². The van der Waals surface area contributed by atoms with Crippen molar-refractivity contribution in [3.63, 3.8) is 0 Å². The first kappa shape index (κ1) is 18.8. The fourth-order valence-electron chi connectivity index (χ4n) is 2.54. The number of hydrogen-bond acceptors (Lipinski definition) is 5. The molecule has 0 bridgehead atoms. The lowest BCUT2D eigenvalue weighted by atomic mass is 10.2. The van der Waals surface area contributed by atoms with Gasteiger partial charge in [0.05, 0.1) is 17.5 Å². The third-order valence-corrected chi connectivity index (χ3v) is 3.45. The summed E-state index contributed by atoms with van der Waals surface area (Å²) in [6.45, 7) is 7.79. The number of carboxylic acid groups (broad SMARTS) is 1. The van der Waals surface area contributed by atoms with Crippen LogP contribution in [0, 0.1) is 0 Å². The summed E-state index contributed by atoms with van der Waals surface area (Å²) < 4.78 is 12.5. The topological polar surface area (TPSA) is 90.7 Å². The van der Waals surface area contributed by atoms with E-state index in [1.165, 1.54) is 0 Å². The SMILES string of the molecule is CCn1c(CCC(=O)OC(C)(C)C)nc2ccc(OCC(=O)O)cc21. The fraction of sp³-hybridized carbons (Fsp3) is 0.500. The smallest absolute Gasteiger partial charge is 0.341 e. The van der Waals surface area contributed by atoms with Crippen LogP contribution in [0.5, 0.6) is 5.75 Å². The van der Waals surface area contributed by atoms with Gasteiger partial charge in [-0.25, -0.2) is 9.78 Å². The van der Waals surface area contributed by atoms with E-state index < -0.39 is 18.2 Å². The van der Waals surface area contributed by atoms with Gasteiger partial charge in [0.1, 0.15) is 17.2 Å². The van der Waals surface area contributed by atoms with Crippen LogP contribution in [0.2, 0.25) is 0 Å². The molecule has 0 saturated heterocycles. The van der Waals surface area contributed by atoms with Crippen LogP contribution in [-0.4, -0.2) is 38.8 Å². The number of hydrogen-bond donors (Lipinski definition) is 1. The van der Waals surface area contributed by atoms with Crippen molar-refractivity contribution >= 4 is 23.0 Å². The molecule has 7 heteroatoms. The Bertz CT molecular complexity index is 774. The third kappa shape index (κ3) is 5.20. The van der Waals surface area contributed by atoms with Gasteiger partial charge in [0.2, 0.25) is 0 Å². The molecule has 136 valence electrons. The van der Waals surface area contributed by atoms with Crippen molar-refractivity contribution in [2.75, 3.05) is 6.61 Å². The maximum Gasteiger partial charge on any atom is 0.341 e. The van der Waals surface area contributed by atoms with Gasteiger partial charge >= 0.3 is 11.9 Å². The van der Waals surface area contributed by atoms with E-state index in [2.05, 4.69) is 4.98 Å². The zero-order valence-corrected chi connectivity index (χ0v) is 15.0. The second-order valence-electron chi connectivity index (χ2n) is 6.69. The molecule has 0 aliphatic heterocycles. The van der Waals surface area contributed by atoms with Crippen molar-refractivity contribution in [2.45, 2.75) is 52.7 Å². The number of aliphatic carboxylic acids is 1. The molecule has 0 atom stereocenters. The monoisotopic (exact) mass is 348 g/mol. The van der Waals surface area contributed by atoms with Gasteiger partial charge in [-0.2, -0.15) is 0 Å². The molecule has 25 heavy (non-hydrogen) atoms. The molecule has 1 aromatic heterocycles. The zero-order chi connectivity index (χ0) is 18.6. The predicted octanol–water partition coefficient (Wildman–Crippen LogP) is 2.79. The number of imidazole rings is 1. The molecular formula is C18H24N2O5. The number of carbonyl (C=O) groups excluding carboxylic acids is 1. The Hall–Kier alpha value is -2.57. The highest BCUT2D eigenvalue weighted by molar-refractivity contribution is 5.78. The van der Waals surface area contributed by atoms with Crippen LogP contribution in [0.4, 0.5) is 0 Å². The highest BCUT2D eigenvalue weighted by Gasteiger charge is 2.18. The normalized spacial score (nSPS) is 11.5. The summed E-state index contributed by atoms with van der Waals surface area (Å²) in [5.41, 5.74) is 1.13. The summed E-state index contributed by atoms with van der Waals surface area (Å²) >= 11 is 0. The van der Waals surface area contributed by atoms with E-state index in [4.69, 9.17) is 14.6 Å². The molecule has 0 aliphatic rings. The third-order valence-electron chi connectivity index (χ3n) is 3.45. The standard InChI is InChI=1S/C18H24N2O5/c1-5-20-14-10-12(24-11-16(21)22)6-7-13(14)19-15(20)8-9-17(23)25-18(2,3)4/h6-7,10H,5,8-9,11H2,1-4H3,(H,21,22). The van der Waals surface area contributed by atoms with Crippen molar-refractivity contribution in [2.24, 2.45) is 0 Å². The number of benzene rings is 1. The average Bonchev–Trinajstić information content (AvgIpc) is 2.86. The molecule has 1 aromatic carbocycles. The predicted molar refractivity (Wildman–Crippen MR) is 92.7 cm³/mol. The van der Waals surface area contributed by atoms with Gasteiger partial charge in [0.25, 0.3) is 0 Å². The Morgan fingerprint density at radius 3 is 2.60 bits per heavy atom. The number of fused-ring (bicyclic) bond motifs is 1. The molecule has 7 nitrogen and oxygen atoms in total. The molecule has 0 unspecified atom stereocenters. The molecule has 0 radical (unpaired) electrons. The maximum atomic E-state index is 11.9. The largest absolute Gasteiger partial charge is 0.482 e. The summed E-state index contributed by atoms with van der Waals surface area (Å²) in [6, 6.07) is 5.25. The highest BCUT2D eigenvalue weighted by Crippen LogP contribution is 2.23. The van der Waals surface area contributed by atoms with Crippen LogP contribution in [0.3, 0.4) is 0 Å². The number of nitrogens with zero attached hydrogens (tertiary/aromatic N) is 2. The second-order valence-corrected chi connectivity index (χ2v) is 6.69. The number of aryl methyl sites for hydroxylation is 2. The molecule has 0 fully saturated rings. The average molecular weight is 348 g/mol. The van der Waals surface area contributed by atoms with Crippen molar-refractivity contribution < 1.29 is 24.2 Å². The van der Waals surface area contributed by atoms with Crippen LogP contribution in [0.1, 0.15) is 39.9 Å². The number of carbonyl (C=O) groups is 2. The minimum atomic E-state index is -1.03. The van der Waals surface area contributed by atoms with Crippen molar-refractivity contribution in [3.8, 4) is 5.75 Å². The Balaban J connectivity index is 2.17. The molecule has 0 spiro atoms. The molecule has 2 aromatic rings. The van der Waals surface area contributed by atoms with Crippen LogP contribution < -0.4 is 4.74 Å². The van der Waals surface area contributed by atoms with Gasteiger partial charge in [-0.05, 0) is 39.8 Å². The number of aromatic nitrogens is 2. The summed E-state index contributed by atoms with van der Waals surface area (Å²) in [5, 5.41) is 8.71. The van der Waals surface area contributed by atoms with Gasteiger partial charge in [-0.3, -0.25) is 4.79 Å². The molecule has 0 amide bonds. The molecule has 0 saturated carbocycles. The molecule has 2 rings (SSSR count). The Morgan fingerprint density at radius 1 is 1.28 bits per heavy atom. The van der Waals surface area contributed by atoms with Crippen LogP contribution in [0.15, 0.2) is 18.2 Å².